The standard InChI is InChI=1S/C18H16N6O3S/c1-9-13(7-23(3)22-9)15-8-24-17(28-15)12(6-20-24)16(25)21-14-4-11(18(26)27)5-19-10(14)2/h4-8H,1-3H3,(H,21,25)(H,26,27). The first-order chi connectivity index (χ1) is 13.3. The van der Waals surface area contributed by atoms with E-state index in [2.05, 4.69) is 20.5 Å². The van der Waals surface area contributed by atoms with Gasteiger partial charge < -0.3 is 10.4 Å². The Kier molecular flexibility index (Phi) is 4.19. The monoisotopic (exact) mass is 396 g/mol. The van der Waals surface area contributed by atoms with Gasteiger partial charge in [0.05, 0.1) is 39.3 Å². The van der Waals surface area contributed by atoms with E-state index in [1.807, 2.05) is 26.4 Å². The van der Waals surface area contributed by atoms with Crippen LogP contribution in [-0.4, -0.2) is 41.4 Å². The fourth-order valence-corrected chi connectivity index (χ4v) is 3.99. The van der Waals surface area contributed by atoms with Gasteiger partial charge in [-0.2, -0.15) is 10.2 Å². The van der Waals surface area contributed by atoms with Crippen molar-refractivity contribution in [1.29, 1.82) is 0 Å². The number of carboxylic acids is 1. The van der Waals surface area contributed by atoms with Crippen molar-refractivity contribution in [3.05, 3.63) is 53.4 Å². The van der Waals surface area contributed by atoms with Crippen molar-refractivity contribution < 1.29 is 14.7 Å². The SMILES string of the molecule is Cc1ncc(C(=O)O)cc1NC(=O)c1cnn2cc(-c3cn(C)nc3C)sc12. The van der Waals surface area contributed by atoms with Crippen molar-refractivity contribution in [2.45, 2.75) is 13.8 Å². The first-order valence-corrected chi connectivity index (χ1v) is 9.14. The number of aromatic carboxylic acids is 1. The fourth-order valence-electron chi connectivity index (χ4n) is 2.87. The van der Waals surface area contributed by atoms with Gasteiger partial charge in [0.2, 0.25) is 0 Å². The molecule has 28 heavy (non-hydrogen) atoms. The Morgan fingerprint density at radius 1 is 1.18 bits per heavy atom. The number of hydrogen-bond acceptors (Lipinski definition) is 6. The van der Waals surface area contributed by atoms with Gasteiger partial charge in [0, 0.05) is 31.2 Å². The number of hydrogen-bond donors (Lipinski definition) is 2. The van der Waals surface area contributed by atoms with Crippen molar-refractivity contribution in [2.75, 3.05) is 5.32 Å². The molecule has 0 unspecified atom stereocenters. The largest absolute Gasteiger partial charge is 0.478 e. The van der Waals surface area contributed by atoms with Crippen LogP contribution in [0, 0.1) is 13.8 Å². The number of nitrogens with one attached hydrogen (secondary N) is 1. The third-order valence-electron chi connectivity index (χ3n) is 4.30. The number of pyridine rings is 1. The molecule has 1 amide bonds. The first kappa shape index (κ1) is 17.9. The zero-order chi connectivity index (χ0) is 20.0. The normalized spacial score (nSPS) is 11.1. The van der Waals surface area contributed by atoms with Crippen LogP contribution in [0.4, 0.5) is 5.69 Å². The van der Waals surface area contributed by atoms with Crippen LogP contribution in [0.1, 0.15) is 32.1 Å². The second-order valence-electron chi connectivity index (χ2n) is 6.32. The van der Waals surface area contributed by atoms with E-state index in [1.165, 1.54) is 29.8 Å². The molecule has 0 aliphatic heterocycles. The maximum Gasteiger partial charge on any atom is 0.337 e. The Balaban J connectivity index is 1.68. The number of nitrogens with zero attached hydrogens (tertiary/aromatic N) is 5. The minimum Gasteiger partial charge on any atom is -0.478 e. The number of thiazole rings is 1. The summed E-state index contributed by atoms with van der Waals surface area (Å²) in [6.07, 6.45) is 6.53. The maximum atomic E-state index is 12.8. The third-order valence-corrected chi connectivity index (χ3v) is 5.45. The lowest BCUT2D eigenvalue weighted by Gasteiger charge is -2.07. The van der Waals surface area contributed by atoms with E-state index in [9.17, 15) is 9.59 Å². The summed E-state index contributed by atoms with van der Waals surface area (Å²) in [5, 5.41) is 20.5. The highest BCUT2D eigenvalue weighted by Crippen LogP contribution is 2.32. The zero-order valence-electron chi connectivity index (χ0n) is 15.3. The maximum absolute atomic E-state index is 12.8. The zero-order valence-corrected chi connectivity index (χ0v) is 16.1. The number of anilines is 1. The molecular weight excluding hydrogens is 380 g/mol. The summed E-state index contributed by atoms with van der Waals surface area (Å²) < 4.78 is 3.39. The molecule has 0 fully saturated rings. The highest BCUT2D eigenvalue weighted by Gasteiger charge is 2.19. The molecule has 0 aliphatic carbocycles. The second-order valence-corrected chi connectivity index (χ2v) is 7.35. The minimum atomic E-state index is -1.11. The molecule has 4 aromatic rings. The van der Waals surface area contributed by atoms with E-state index in [0.29, 0.717) is 21.8 Å². The summed E-state index contributed by atoms with van der Waals surface area (Å²) in [6, 6.07) is 1.39. The van der Waals surface area contributed by atoms with Crippen molar-refractivity contribution in [2.24, 2.45) is 7.05 Å². The number of carbonyl (C=O) groups is 2. The number of aromatic nitrogens is 5. The van der Waals surface area contributed by atoms with Crippen LogP contribution in [0.5, 0.6) is 0 Å². The molecule has 0 spiro atoms. The predicted octanol–water partition coefficient (Wildman–Crippen LogP) is 2.76. The minimum absolute atomic E-state index is 0.00603. The van der Waals surface area contributed by atoms with E-state index in [4.69, 9.17) is 5.11 Å². The van der Waals surface area contributed by atoms with Crippen molar-refractivity contribution in [3.8, 4) is 10.4 Å². The molecule has 2 N–H and O–H groups in total. The number of rotatable bonds is 4. The van der Waals surface area contributed by atoms with E-state index >= 15 is 0 Å². The topological polar surface area (TPSA) is 114 Å². The lowest BCUT2D eigenvalue weighted by Crippen LogP contribution is -2.13. The molecule has 4 aromatic heterocycles. The Morgan fingerprint density at radius 3 is 2.64 bits per heavy atom. The van der Waals surface area contributed by atoms with Gasteiger partial charge in [0.1, 0.15) is 4.83 Å². The van der Waals surface area contributed by atoms with E-state index < -0.39 is 5.97 Å². The van der Waals surface area contributed by atoms with Crippen LogP contribution >= 0.6 is 11.3 Å². The van der Waals surface area contributed by atoms with Crippen molar-refractivity contribution in [1.82, 2.24) is 24.4 Å². The summed E-state index contributed by atoms with van der Waals surface area (Å²) in [6.45, 7) is 3.62. The lowest BCUT2D eigenvalue weighted by atomic mass is 10.2. The quantitative estimate of drug-likeness (QED) is 0.548. The van der Waals surface area contributed by atoms with Gasteiger partial charge in [-0.1, -0.05) is 0 Å². The highest BCUT2D eigenvalue weighted by atomic mass is 32.1. The molecule has 0 saturated carbocycles. The molecule has 0 atom stereocenters. The number of aryl methyl sites for hydroxylation is 3. The number of carbonyl (C=O) groups excluding carboxylic acids is 1. The van der Waals surface area contributed by atoms with Crippen LogP contribution < -0.4 is 5.32 Å². The second kappa shape index (κ2) is 6.57. The highest BCUT2D eigenvalue weighted by molar-refractivity contribution is 7.21. The van der Waals surface area contributed by atoms with Crippen LogP contribution in [0.3, 0.4) is 0 Å². The van der Waals surface area contributed by atoms with Gasteiger partial charge in [-0.25, -0.2) is 9.31 Å². The van der Waals surface area contributed by atoms with Gasteiger partial charge in [0.15, 0.2) is 0 Å². The van der Waals surface area contributed by atoms with Gasteiger partial charge in [-0.05, 0) is 19.9 Å². The molecule has 0 aromatic carbocycles. The molecule has 4 heterocycles. The first-order valence-electron chi connectivity index (χ1n) is 8.32. The fraction of sp³-hybridized carbons (Fsp3) is 0.167. The van der Waals surface area contributed by atoms with Crippen LogP contribution in [-0.2, 0) is 7.05 Å². The third kappa shape index (κ3) is 3.03. The summed E-state index contributed by atoms with van der Waals surface area (Å²) in [4.78, 5) is 29.6. The Morgan fingerprint density at radius 2 is 1.96 bits per heavy atom. The molecule has 9 nitrogen and oxygen atoms in total. The van der Waals surface area contributed by atoms with Crippen molar-refractivity contribution in [3.63, 3.8) is 0 Å². The Hall–Kier alpha value is -3.53. The van der Waals surface area contributed by atoms with Gasteiger partial charge in [-0.3, -0.25) is 14.5 Å². The smallest absolute Gasteiger partial charge is 0.337 e. The van der Waals surface area contributed by atoms with E-state index in [1.54, 1.807) is 16.1 Å². The van der Waals surface area contributed by atoms with E-state index in [0.717, 1.165) is 16.1 Å². The van der Waals surface area contributed by atoms with Crippen LogP contribution in [0.25, 0.3) is 15.3 Å². The van der Waals surface area contributed by atoms with Crippen LogP contribution in [0.15, 0.2) is 30.9 Å². The average Bonchev–Trinajstić information content (AvgIpc) is 3.29. The molecule has 0 saturated heterocycles. The van der Waals surface area contributed by atoms with E-state index in [-0.39, 0.29) is 11.5 Å². The van der Waals surface area contributed by atoms with Gasteiger partial charge in [0.25, 0.3) is 5.91 Å². The average molecular weight is 396 g/mol. The molecule has 4 rings (SSSR count). The summed E-state index contributed by atoms with van der Waals surface area (Å²) in [5.74, 6) is -1.48. The lowest BCUT2D eigenvalue weighted by molar-refractivity contribution is 0.0696. The summed E-state index contributed by atoms with van der Waals surface area (Å²) >= 11 is 1.44. The van der Waals surface area contributed by atoms with Gasteiger partial charge >= 0.3 is 5.97 Å². The molecular formula is C18H16N6O3S. The molecule has 0 aliphatic rings. The Bertz CT molecular complexity index is 1240. The number of amides is 1. The van der Waals surface area contributed by atoms with Crippen molar-refractivity contribution >= 4 is 33.7 Å². The molecule has 10 heteroatoms. The Labute approximate surface area is 163 Å². The van der Waals surface area contributed by atoms with Crippen LogP contribution in [0.2, 0.25) is 0 Å². The number of fused-ring (bicyclic) bond motifs is 1. The predicted molar refractivity (Wildman–Crippen MR) is 104 cm³/mol. The molecule has 0 bridgehead atoms. The van der Waals surface area contributed by atoms with Gasteiger partial charge in [-0.15, -0.1) is 11.3 Å². The molecule has 142 valence electrons. The number of carboxylic acid groups (broad SMARTS) is 1. The summed E-state index contributed by atoms with van der Waals surface area (Å²) in [7, 11) is 1.86. The molecule has 0 radical (unpaired) electrons. The summed E-state index contributed by atoms with van der Waals surface area (Å²) in [5.41, 5.74) is 3.16.